The Kier molecular flexibility index (Phi) is 6.30. The zero-order chi connectivity index (χ0) is 18.4. The van der Waals surface area contributed by atoms with Crippen molar-refractivity contribution >= 4 is 29.2 Å². The van der Waals surface area contributed by atoms with Gasteiger partial charge in [0.15, 0.2) is 5.78 Å². The molecule has 0 unspecified atom stereocenters. The number of anilines is 1. The van der Waals surface area contributed by atoms with Crippen LogP contribution in [0.3, 0.4) is 0 Å². The molecule has 0 saturated carbocycles. The number of carbonyl (C=O) groups excluding carboxylic acids is 2. The molecule has 25 heavy (non-hydrogen) atoms. The molecule has 2 rings (SSSR count). The van der Waals surface area contributed by atoms with Crippen LogP contribution < -0.4 is 15.4 Å². The molecular weight excluding hydrogens is 349 g/mol. The van der Waals surface area contributed by atoms with E-state index in [-0.39, 0.29) is 30.1 Å². The second-order valence-corrected chi connectivity index (χ2v) is 5.59. The summed E-state index contributed by atoms with van der Waals surface area (Å²) in [6, 6.07) is 5.26. The largest absolute Gasteiger partial charge is 0.496 e. The molecule has 0 fully saturated rings. The highest BCUT2D eigenvalue weighted by molar-refractivity contribution is 6.30. The van der Waals surface area contributed by atoms with Crippen molar-refractivity contribution in [3.05, 3.63) is 52.4 Å². The van der Waals surface area contributed by atoms with Gasteiger partial charge in [0, 0.05) is 18.3 Å². The van der Waals surface area contributed by atoms with Crippen LogP contribution in [-0.2, 0) is 6.42 Å². The van der Waals surface area contributed by atoms with Gasteiger partial charge in [-0.05, 0) is 37.6 Å². The Hall–Kier alpha value is -2.67. The minimum absolute atomic E-state index is 0.147. The maximum absolute atomic E-state index is 14.0. The lowest BCUT2D eigenvalue weighted by Gasteiger charge is -2.13. The predicted molar refractivity (Wildman–Crippen MR) is 92.9 cm³/mol. The summed E-state index contributed by atoms with van der Waals surface area (Å²) in [6.45, 7) is 1.53. The molecule has 1 heterocycles. The normalized spacial score (nSPS) is 10.2. The molecular formula is C17H17ClFN3O3. The topological polar surface area (TPSA) is 80.3 Å². The SMILES string of the molecule is COc1c(C(C)=O)ccc(F)c1CCNC(=O)Nc1ccc(Cl)cn1. The average Bonchev–Trinajstić information content (AvgIpc) is 2.57. The fourth-order valence-corrected chi connectivity index (χ4v) is 2.37. The number of methoxy groups -OCH3 is 1. The van der Waals surface area contributed by atoms with Crippen molar-refractivity contribution in [2.24, 2.45) is 0 Å². The van der Waals surface area contributed by atoms with E-state index in [4.69, 9.17) is 16.3 Å². The van der Waals surface area contributed by atoms with E-state index in [2.05, 4.69) is 15.6 Å². The number of Topliss-reactive ketones (excluding diaryl/α,β-unsaturated/α-hetero) is 1. The Morgan fingerprint density at radius 2 is 2.04 bits per heavy atom. The first-order valence-corrected chi connectivity index (χ1v) is 7.83. The zero-order valence-electron chi connectivity index (χ0n) is 13.7. The monoisotopic (exact) mass is 365 g/mol. The van der Waals surface area contributed by atoms with Gasteiger partial charge < -0.3 is 10.1 Å². The zero-order valence-corrected chi connectivity index (χ0v) is 14.5. The molecule has 8 heteroatoms. The van der Waals surface area contributed by atoms with Crippen LogP contribution in [0.5, 0.6) is 5.75 Å². The number of nitrogens with one attached hydrogen (secondary N) is 2. The number of urea groups is 1. The van der Waals surface area contributed by atoms with E-state index in [0.717, 1.165) is 0 Å². The molecule has 0 atom stereocenters. The third-order valence-corrected chi connectivity index (χ3v) is 3.64. The number of nitrogens with zero attached hydrogens (tertiary/aromatic N) is 1. The number of amides is 2. The maximum Gasteiger partial charge on any atom is 0.320 e. The lowest BCUT2D eigenvalue weighted by molar-refractivity contribution is 0.101. The quantitative estimate of drug-likeness (QED) is 0.768. The van der Waals surface area contributed by atoms with Gasteiger partial charge in [-0.25, -0.2) is 14.2 Å². The summed E-state index contributed by atoms with van der Waals surface area (Å²) in [5.41, 5.74) is 0.536. The number of hydrogen-bond donors (Lipinski definition) is 2. The van der Waals surface area contributed by atoms with Crippen LogP contribution in [-0.4, -0.2) is 30.5 Å². The molecule has 0 saturated heterocycles. The van der Waals surface area contributed by atoms with Gasteiger partial charge in [0.25, 0.3) is 0 Å². The summed E-state index contributed by atoms with van der Waals surface area (Å²) in [4.78, 5) is 27.4. The highest BCUT2D eigenvalue weighted by Crippen LogP contribution is 2.27. The van der Waals surface area contributed by atoms with Crippen LogP contribution in [0.2, 0.25) is 5.02 Å². The molecule has 0 radical (unpaired) electrons. The van der Waals surface area contributed by atoms with E-state index in [9.17, 15) is 14.0 Å². The van der Waals surface area contributed by atoms with Gasteiger partial charge in [-0.3, -0.25) is 10.1 Å². The molecule has 1 aromatic heterocycles. The fraction of sp³-hybridized carbons (Fsp3) is 0.235. The third kappa shape index (κ3) is 4.90. The number of ether oxygens (including phenoxy) is 1. The highest BCUT2D eigenvalue weighted by Gasteiger charge is 2.17. The minimum atomic E-state index is -0.497. The van der Waals surface area contributed by atoms with E-state index in [1.807, 2.05) is 0 Å². The van der Waals surface area contributed by atoms with Crippen molar-refractivity contribution in [3.8, 4) is 5.75 Å². The summed E-state index contributed by atoms with van der Waals surface area (Å²) in [5.74, 6) is -0.195. The highest BCUT2D eigenvalue weighted by atomic mass is 35.5. The summed E-state index contributed by atoms with van der Waals surface area (Å²) < 4.78 is 19.2. The standard InChI is InChI=1S/C17H17ClFN3O3/c1-10(23)12-4-5-14(19)13(16(12)25-2)7-8-20-17(24)22-15-6-3-11(18)9-21-15/h3-6,9H,7-8H2,1-2H3,(H2,20,21,22,24). The van der Waals surface area contributed by atoms with E-state index in [1.165, 1.54) is 32.4 Å². The van der Waals surface area contributed by atoms with E-state index < -0.39 is 11.8 Å². The molecule has 0 aliphatic rings. The van der Waals surface area contributed by atoms with Gasteiger partial charge >= 0.3 is 6.03 Å². The Balaban J connectivity index is 1.99. The molecule has 0 bridgehead atoms. The first kappa shape index (κ1) is 18.7. The van der Waals surface area contributed by atoms with Crippen LogP contribution in [0.15, 0.2) is 30.5 Å². The number of pyridine rings is 1. The number of halogens is 2. The van der Waals surface area contributed by atoms with Gasteiger partial charge in [0.1, 0.15) is 17.4 Å². The molecule has 2 N–H and O–H groups in total. The van der Waals surface area contributed by atoms with Gasteiger partial charge in [-0.1, -0.05) is 11.6 Å². The van der Waals surface area contributed by atoms with Crippen LogP contribution in [0.1, 0.15) is 22.8 Å². The van der Waals surface area contributed by atoms with E-state index in [1.54, 1.807) is 12.1 Å². The Bertz CT molecular complexity index is 781. The molecule has 1 aromatic carbocycles. The van der Waals surface area contributed by atoms with Crippen LogP contribution >= 0.6 is 11.6 Å². The van der Waals surface area contributed by atoms with Crippen molar-refractivity contribution in [1.82, 2.24) is 10.3 Å². The number of ketones is 1. The van der Waals surface area contributed by atoms with Crippen molar-refractivity contribution in [1.29, 1.82) is 0 Å². The smallest absolute Gasteiger partial charge is 0.320 e. The molecule has 2 aromatic rings. The molecule has 0 spiro atoms. The number of rotatable bonds is 6. The molecule has 132 valence electrons. The summed E-state index contributed by atoms with van der Waals surface area (Å²) in [5, 5.41) is 5.58. The van der Waals surface area contributed by atoms with Gasteiger partial charge in [-0.15, -0.1) is 0 Å². The maximum atomic E-state index is 14.0. The lowest BCUT2D eigenvalue weighted by Crippen LogP contribution is -2.31. The van der Waals surface area contributed by atoms with Gasteiger partial charge in [0.05, 0.1) is 17.7 Å². The molecule has 6 nitrogen and oxygen atoms in total. The number of hydrogen-bond acceptors (Lipinski definition) is 4. The number of aromatic nitrogens is 1. The van der Waals surface area contributed by atoms with Crippen LogP contribution in [0.4, 0.5) is 15.0 Å². The average molecular weight is 366 g/mol. The van der Waals surface area contributed by atoms with E-state index >= 15 is 0 Å². The van der Waals surface area contributed by atoms with Crippen molar-refractivity contribution in [2.45, 2.75) is 13.3 Å². The minimum Gasteiger partial charge on any atom is -0.496 e. The summed E-state index contributed by atoms with van der Waals surface area (Å²) in [7, 11) is 1.37. The first-order valence-electron chi connectivity index (χ1n) is 7.45. The first-order chi connectivity index (χ1) is 11.9. The van der Waals surface area contributed by atoms with Gasteiger partial charge in [0.2, 0.25) is 0 Å². The van der Waals surface area contributed by atoms with Crippen molar-refractivity contribution in [2.75, 3.05) is 19.0 Å². The Morgan fingerprint density at radius 1 is 1.28 bits per heavy atom. The molecule has 2 amide bonds. The van der Waals surface area contributed by atoms with Crippen molar-refractivity contribution < 1.29 is 18.7 Å². The predicted octanol–water partition coefficient (Wildman–Crippen LogP) is 3.45. The second kappa shape index (κ2) is 8.43. The Labute approximate surface area is 149 Å². The van der Waals surface area contributed by atoms with Crippen LogP contribution in [0, 0.1) is 5.82 Å². The third-order valence-electron chi connectivity index (χ3n) is 3.42. The molecule has 0 aliphatic carbocycles. The molecule has 0 aliphatic heterocycles. The summed E-state index contributed by atoms with van der Waals surface area (Å²) in [6.07, 6.45) is 1.57. The summed E-state index contributed by atoms with van der Waals surface area (Å²) >= 11 is 5.72. The van der Waals surface area contributed by atoms with E-state index in [0.29, 0.717) is 16.4 Å². The Morgan fingerprint density at radius 3 is 2.64 bits per heavy atom. The van der Waals surface area contributed by atoms with Gasteiger partial charge in [-0.2, -0.15) is 0 Å². The lowest BCUT2D eigenvalue weighted by atomic mass is 10.0. The van der Waals surface area contributed by atoms with Crippen molar-refractivity contribution in [3.63, 3.8) is 0 Å². The second-order valence-electron chi connectivity index (χ2n) is 5.16. The van der Waals surface area contributed by atoms with Crippen LogP contribution in [0.25, 0.3) is 0 Å². The fourth-order valence-electron chi connectivity index (χ4n) is 2.26. The number of benzene rings is 1. The number of carbonyl (C=O) groups is 2.